The van der Waals surface area contributed by atoms with Crippen LogP contribution in [0.4, 0.5) is 4.39 Å². The van der Waals surface area contributed by atoms with Gasteiger partial charge in [-0.3, -0.25) is 9.59 Å². The number of carbonyl (C=O) groups excluding carboxylic acids is 1. The van der Waals surface area contributed by atoms with Crippen molar-refractivity contribution in [2.24, 2.45) is 11.7 Å². The monoisotopic (exact) mass is 296 g/mol. The SMILES string of the molecule is CC(=O)[C@@H](N)CC[C@@H](Cc1ccc(OC[18F])cc1)C(=O)O. The summed E-state index contributed by atoms with van der Waals surface area (Å²) in [7, 11) is 0. The van der Waals surface area contributed by atoms with Crippen LogP contribution in [0.5, 0.6) is 5.75 Å². The number of carboxylic acid groups (broad SMARTS) is 1. The van der Waals surface area contributed by atoms with Gasteiger partial charge in [0.1, 0.15) is 11.5 Å². The predicted octanol–water partition coefficient (Wildman–Crippen LogP) is 1.93. The number of aliphatic carboxylic acids is 1. The predicted molar refractivity (Wildman–Crippen MR) is 75.8 cm³/mol. The summed E-state index contributed by atoms with van der Waals surface area (Å²) in [6.45, 7) is 0.490. The summed E-state index contributed by atoms with van der Waals surface area (Å²) in [5, 5.41) is 9.22. The minimum atomic E-state index is -0.921. The number of carboxylic acids is 1. The van der Waals surface area contributed by atoms with Gasteiger partial charge in [0.25, 0.3) is 0 Å². The van der Waals surface area contributed by atoms with Crippen molar-refractivity contribution in [1.29, 1.82) is 0 Å². The van der Waals surface area contributed by atoms with Crippen LogP contribution in [0.2, 0.25) is 0 Å². The highest BCUT2D eigenvalue weighted by molar-refractivity contribution is 5.81. The molecule has 0 unspecified atom stereocenters. The molecule has 0 aliphatic rings. The van der Waals surface area contributed by atoms with Gasteiger partial charge in [-0.05, 0) is 43.9 Å². The number of ketones is 1. The molecule has 3 N–H and O–H groups in total. The van der Waals surface area contributed by atoms with E-state index in [-0.39, 0.29) is 5.78 Å². The molecule has 0 aliphatic heterocycles. The van der Waals surface area contributed by atoms with E-state index in [4.69, 9.17) is 5.73 Å². The molecule has 0 radical (unpaired) electrons. The van der Waals surface area contributed by atoms with E-state index in [0.29, 0.717) is 25.0 Å². The first-order valence-corrected chi connectivity index (χ1v) is 6.70. The van der Waals surface area contributed by atoms with Crippen molar-refractivity contribution >= 4 is 11.8 Å². The van der Waals surface area contributed by atoms with Gasteiger partial charge in [-0.1, -0.05) is 12.1 Å². The zero-order chi connectivity index (χ0) is 15.8. The van der Waals surface area contributed by atoms with E-state index in [1.54, 1.807) is 24.3 Å². The van der Waals surface area contributed by atoms with Gasteiger partial charge in [-0.15, -0.1) is 0 Å². The second-order valence-electron chi connectivity index (χ2n) is 4.93. The molecule has 0 fully saturated rings. The van der Waals surface area contributed by atoms with Gasteiger partial charge in [0.05, 0.1) is 12.0 Å². The van der Waals surface area contributed by atoms with Crippen LogP contribution in [-0.2, 0) is 16.0 Å². The van der Waals surface area contributed by atoms with Crippen LogP contribution in [0.3, 0.4) is 0 Å². The highest BCUT2D eigenvalue weighted by Crippen LogP contribution is 2.19. The summed E-state index contributed by atoms with van der Waals surface area (Å²) in [5.74, 6) is -1.28. The lowest BCUT2D eigenvalue weighted by Crippen LogP contribution is -2.30. The van der Waals surface area contributed by atoms with Gasteiger partial charge in [-0.2, -0.15) is 0 Å². The van der Waals surface area contributed by atoms with Crippen LogP contribution in [0.15, 0.2) is 24.3 Å². The van der Waals surface area contributed by atoms with Gasteiger partial charge in [0.15, 0.2) is 0 Å². The Kier molecular flexibility index (Phi) is 6.81. The van der Waals surface area contributed by atoms with Crippen LogP contribution < -0.4 is 10.5 Å². The standard InChI is InChI=1S/C15H20FNO4/c1-10(18)14(17)7-4-12(15(19)20)8-11-2-5-13(6-3-11)21-9-16/h2-3,5-6,12,14H,4,7-9,17H2,1H3,(H,19,20)/t12-,14-/m0/s1/i16-1. The van der Waals surface area contributed by atoms with Gasteiger partial charge in [0.2, 0.25) is 6.86 Å². The molecule has 0 saturated carbocycles. The van der Waals surface area contributed by atoms with Crippen LogP contribution in [0, 0.1) is 5.92 Å². The quantitative estimate of drug-likeness (QED) is 0.726. The fourth-order valence-electron chi connectivity index (χ4n) is 1.97. The molecule has 0 bridgehead atoms. The van der Waals surface area contributed by atoms with E-state index in [2.05, 4.69) is 4.74 Å². The van der Waals surface area contributed by atoms with Crippen LogP contribution >= 0.6 is 0 Å². The molecule has 2 atom stereocenters. The Labute approximate surface area is 122 Å². The van der Waals surface area contributed by atoms with Crippen LogP contribution in [-0.4, -0.2) is 29.8 Å². The summed E-state index contributed by atoms with van der Waals surface area (Å²) in [6.07, 6.45) is 1.00. The first kappa shape index (κ1) is 17.1. The number of halogens is 1. The number of Topliss-reactive ketones (excluding diaryl/α,β-unsaturated/α-hetero) is 1. The molecule has 1 aromatic carbocycles. The molecule has 5 nitrogen and oxygen atoms in total. The Balaban J connectivity index is 2.61. The summed E-state index contributed by atoms with van der Waals surface area (Å²) in [4.78, 5) is 22.3. The topological polar surface area (TPSA) is 89.6 Å². The maximum absolute atomic E-state index is 12.0. The number of carbonyl (C=O) groups is 2. The van der Waals surface area contributed by atoms with E-state index in [1.165, 1.54) is 6.92 Å². The van der Waals surface area contributed by atoms with Crippen molar-refractivity contribution in [3.63, 3.8) is 0 Å². The van der Waals surface area contributed by atoms with E-state index in [0.717, 1.165) is 5.56 Å². The molecule has 0 aromatic heterocycles. The third-order valence-corrected chi connectivity index (χ3v) is 3.32. The molecule has 0 amide bonds. The van der Waals surface area contributed by atoms with Gasteiger partial charge >= 0.3 is 5.97 Å². The number of alkyl halides is 1. The molecule has 0 spiro atoms. The molecular formula is C15H20FNO4. The largest absolute Gasteiger partial charge is 0.481 e. The average Bonchev–Trinajstić information content (AvgIpc) is 2.44. The van der Waals surface area contributed by atoms with Crippen molar-refractivity contribution in [2.75, 3.05) is 6.86 Å². The summed E-state index contributed by atoms with van der Waals surface area (Å²) in [6, 6.07) is 5.97. The second-order valence-corrected chi connectivity index (χ2v) is 4.93. The lowest BCUT2D eigenvalue weighted by Gasteiger charge is -2.14. The lowest BCUT2D eigenvalue weighted by atomic mass is 9.92. The smallest absolute Gasteiger partial charge is 0.306 e. The Morgan fingerprint density at radius 2 is 1.90 bits per heavy atom. The number of benzene rings is 1. The normalized spacial score (nSPS) is 13.5. The Morgan fingerprint density at radius 3 is 2.38 bits per heavy atom. The maximum atomic E-state index is 12.0. The van der Waals surface area contributed by atoms with Gasteiger partial charge in [0, 0.05) is 0 Å². The van der Waals surface area contributed by atoms with Crippen molar-refractivity contribution in [3.05, 3.63) is 29.8 Å². The third kappa shape index (κ3) is 5.91. The molecular weight excluding hydrogens is 276 g/mol. The number of rotatable bonds is 9. The minimum Gasteiger partial charge on any atom is -0.481 e. The molecule has 6 heteroatoms. The molecule has 1 aromatic rings. The first-order chi connectivity index (χ1) is 9.93. The van der Waals surface area contributed by atoms with E-state index in [1.807, 2.05) is 0 Å². The van der Waals surface area contributed by atoms with Crippen molar-refractivity contribution in [1.82, 2.24) is 0 Å². The fourth-order valence-corrected chi connectivity index (χ4v) is 1.97. The highest BCUT2D eigenvalue weighted by atomic mass is 18.2. The number of nitrogens with two attached hydrogens (primary N) is 1. The van der Waals surface area contributed by atoms with Crippen molar-refractivity contribution in [3.8, 4) is 5.75 Å². The average molecular weight is 296 g/mol. The van der Waals surface area contributed by atoms with E-state index >= 15 is 0 Å². The molecule has 0 aliphatic carbocycles. The molecule has 1 rings (SSSR count). The molecule has 116 valence electrons. The van der Waals surface area contributed by atoms with Crippen LogP contribution in [0.25, 0.3) is 0 Å². The Bertz CT molecular complexity index is 475. The second kappa shape index (κ2) is 8.36. The maximum Gasteiger partial charge on any atom is 0.306 e. The minimum absolute atomic E-state index is 0.146. The molecule has 0 saturated heterocycles. The number of ether oxygens (including phenoxy) is 1. The van der Waals surface area contributed by atoms with Crippen molar-refractivity contribution < 1.29 is 23.8 Å². The number of hydrogen-bond donors (Lipinski definition) is 2. The van der Waals surface area contributed by atoms with E-state index < -0.39 is 24.8 Å². The summed E-state index contributed by atoms with van der Waals surface area (Å²) >= 11 is 0. The Morgan fingerprint density at radius 1 is 1.29 bits per heavy atom. The molecule has 0 heterocycles. The summed E-state index contributed by atoms with van der Waals surface area (Å²) < 4.78 is 16.7. The van der Waals surface area contributed by atoms with E-state index in [9.17, 15) is 19.1 Å². The lowest BCUT2D eigenvalue weighted by molar-refractivity contribution is -0.142. The zero-order valence-corrected chi connectivity index (χ0v) is 11.9. The highest BCUT2D eigenvalue weighted by Gasteiger charge is 2.20. The van der Waals surface area contributed by atoms with Crippen LogP contribution in [0.1, 0.15) is 25.3 Å². The molecule has 21 heavy (non-hydrogen) atoms. The first-order valence-electron chi connectivity index (χ1n) is 6.70. The van der Waals surface area contributed by atoms with Crippen molar-refractivity contribution in [2.45, 2.75) is 32.2 Å². The van der Waals surface area contributed by atoms with Gasteiger partial charge < -0.3 is 15.6 Å². The Hall–Kier alpha value is -1.95. The summed E-state index contributed by atoms with van der Waals surface area (Å²) in [5.41, 5.74) is 6.43. The van der Waals surface area contributed by atoms with Gasteiger partial charge in [-0.25, -0.2) is 4.39 Å². The number of hydrogen-bond acceptors (Lipinski definition) is 4. The third-order valence-electron chi connectivity index (χ3n) is 3.32. The fraction of sp³-hybridized carbons (Fsp3) is 0.467. The zero-order valence-electron chi connectivity index (χ0n) is 11.9.